The first-order chi connectivity index (χ1) is 10.1. The molecule has 3 heteroatoms. The van der Waals surface area contributed by atoms with Crippen LogP contribution < -0.4 is 10.1 Å². The Labute approximate surface area is 129 Å². The number of benzene rings is 1. The van der Waals surface area contributed by atoms with Crippen molar-refractivity contribution in [2.45, 2.75) is 46.2 Å². The minimum atomic E-state index is 0.605. The third kappa shape index (κ3) is 4.45. The predicted molar refractivity (Wildman–Crippen MR) is 88.9 cm³/mol. The molecule has 1 aromatic carbocycles. The van der Waals surface area contributed by atoms with Gasteiger partial charge in [-0.25, -0.2) is 0 Å². The first kappa shape index (κ1) is 16.3. The van der Waals surface area contributed by atoms with Crippen LogP contribution in [0.15, 0.2) is 18.2 Å². The van der Waals surface area contributed by atoms with Gasteiger partial charge in [0.05, 0.1) is 7.11 Å². The zero-order chi connectivity index (χ0) is 15.2. The molecule has 1 N–H and O–H groups in total. The van der Waals surface area contributed by atoms with Crippen LogP contribution >= 0.6 is 0 Å². The van der Waals surface area contributed by atoms with Crippen LogP contribution in [0.3, 0.4) is 0 Å². The molecule has 21 heavy (non-hydrogen) atoms. The molecule has 118 valence electrons. The number of rotatable bonds is 5. The molecule has 0 aromatic heterocycles. The van der Waals surface area contributed by atoms with Crippen LogP contribution in [-0.4, -0.2) is 37.7 Å². The van der Waals surface area contributed by atoms with Gasteiger partial charge in [-0.15, -0.1) is 0 Å². The van der Waals surface area contributed by atoms with E-state index in [1.807, 2.05) is 0 Å². The fourth-order valence-electron chi connectivity index (χ4n) is 3.11. The number of methoxy groups -OCH3 is 1. The molecule has 2 rings (SSSR count). The Kier molecular flexibility index (Phi) is 6.07. The quantitative estimate of drug-likeness (QED) is 0.901. The molecule has 1 saturated heterocycles. The third-order valence-electron chi connectivity index (χ3n) is 4.67. The number of nitrogens with one attached hydrogen (secondary N) is 1. The molecule has 1 aliphatic heterocycles. The van der Waals surface area contributed by atoms with E-state index in [4.69, 9.17) is 4.74 Å². The molecule has 1 heterocycles. The van der Waals surface area contributed by atoms with Crippen LogP contribution in [0.25, 0.3) is 0 Å². The molecule has 1 aromatic rings. The molecule has 0 saturated carbocycles. The van der Waals surface area contributed by atoms with Crippen LogP contribution in [0, 0.1) is 12.8 Å². The smallest absolute Gasteiger partial charge is 0.123 e. The molecule has 1 fully saturated rings. The Morgan fingerprint density at radius 3 is 2.95 bits per heavy atom. The molecule has 1 aliphatic rings. The van der Waals surface area contributed by atoms with Crippen molar-refractivity contribution >= 4 is 0 Å². The fraction of sp³-hybridized carbons (Fsp3) is 0.667. The lowest BCUT2D eigenvalue weighted by Gasteiger charge is -2.28. The standard InChI is InChI=1S/C18H30N2O/c1-5-15(3)17-13-20(10-6-9-19-17)12-16-11-14(2)7-8-18(16)21-4/h7-8,11,15,17,19H,5-6,9-10,12-13H2,1-4H3. The van der Waals surface area contributed by atoms with Gasteiger partial charge in [0.15, 0.2) is 0 Å². The second-order valence-electron chi connectivity index (χ2n) is 6.35. The maximum atomic E-state index is 5.53. The van der Waals surface area contributed by atoms with Crippen molar-refractivity contribution < 1.29 is 4.74 Å². The summed E-state index contributed by atoms with van der Waals surface area (Å²) >= 11 is 0. The first-order valence-electron chi connectivity index (χ1n) is 8.23. The minimum Gasteiger partial charge on any atom is -0.496 e. The highest BCUT2D eigenvalue weighted by Gasteiger charge is 2.22. The summed E-state index contributed by atoms with van der Waals surface area (Å²) in [6.07, 6.45) is 2.46. The molecule has 3 nitrogen and oxygen atoms in total. The topological polar surface area (TPSA) is 24.5 Å². The van der Waals surface area contributed by atoms with Crippen LogP contribution in [0.1, 0.15) is 37.8 Å². The average molecular weight is 290 g/mol. The van der Waals surface area contributed by atoms with Gasteiger partial charge < -0.3 is 10.1 Å². The Morgan fingerprint density at radius 1 is 1.43 bits per heavy atom. The van der Waals surface area contributed by atoms with Gasteiger partial charge in [-0.1, -0.05) is 38.0 Å². The molecule has 2 atom stereocenters. The molecule has 2 unspecified atom stereocenters. The molecule has 0 radical (unpaired) electrons. The summed E-state index contributed by atoms with van der Waals surface area (Å²) in [7, 11) is 1.76. The summed E-state index contributed by atoms with van der Waals surface area (Å²) in [5, 5.41) is 3.72. The predicted octanol–water partition coefficient (Wildman–Crippen LogP) is 3.21. The van der Waals surface area contributed by atoms with Gasteiger partial charge in [0, 0.05) is 24.7 Å². The lowest BCUT2D eigenvalue weighted by molar-refractivity contribution is 0.228. The minimum absolute atomic E-state index is 0.605. The van der Waals surface area contributed by atoms with Crippen molar-refractivity contribution in [1.82, 2.24) is 10.2 Å². The highest BCUT2D eigenvalue weighted by atomic mass is 16.5. The summed E-state index contributed by atoms with van der Waals surface area (Å²) in [6.45, 7) is 11.2. The van der Waals surface area contributed by atoms with Gasteiger partial charge in [0.2, 0.25) is 0 Å². The summed E-state index contributed by atoms with van der Waals surface area (Å²) in [5.74, 6) is 1.74. The van der Waals surface area contributed by atoms with Crippen LogP contribution in [0.5, 0.6) is 5.75 Å². The van der Waals surface area contributed by atoms with E-state index in [0.29, 0.717) is 6.04 Å². The van der Waals surface area contributed by atoms with E-state index < -0.39 is 0 Å². The van der Waals surface area contributed by atoms with Gasteiger partial charge >= 0.3 is 0 Å². The van der Waals surface area contributed by atoms with Gasteiger partial charge in [0.1, 0.15) is 5.75 Å². The van der Waals surface area contributed by atoms with Crippen molar-refractivity contribution in [3.05, 3.63) is 29.3 Å². The molecule has 0 amide bonds. The molecular formula is C18H30N2O. The second kappa shape index (κ2) is 7.81. The largest absolute Gasteiger partial charge is 0.496 e. The second-order valence-corrected chi connectivity index (χ2v) is 6.35. The molecular weight excluding hydrogens is 260 g/mol. The van der Waals surface area contributed by atoms with Gasteiger partial charge in [-0.05, 0) is 38.4 Å². The lowest BCUT2D eigenvalue weighted by atomic mass is 9.98. The molecule has 0 bridgehead atoms. The Balaban J connectivity index is 2.08. The fourth-order valence-corrected chi connectivity index (χ4v) is 3.11. The number of hydrogen-bond acceptors (Lipinski definition) is 3. The number of hydrogen-bond donors (Lipinski definition) is 1. The molecule has 0 spiro atoms. The van der Waals surface area contributed by atoms with Crippen LogP contribution in [-0.2, 0) is 6.54 Å². The van der Waals surface area contributed by atoms with Crippen molar-refractivity contribution in [1.29, 1.82) is 0 Å². The molecule has 0 aliphatic carbocycles. The van der Waals surface area contributed by atoms with E-state index in [1.54, 1.807) is 7.11 Å². The summed E-state index contributed by atoms with van der Waals surface area (Å²) in [4.78, 5) is 2.58. The zero-order valence-electron chi connectivity index (χ0n) is 14.0. The first-order valence-corrected chi connectivity index (χ1v) is 8.23. The van der Waals surface area contributed by atoms with E-state index in [-0.39, 0.29) is 0 Å². The van der Waals surface area contributed by atoms with E-state index in [9.17, 15) is 0 Å². The highest BCUT2D eigenvalue weighted by Crippen LogP contribution is 2.22. The monoisotopic (exact) mass is 290 g/mol. The number of ether oxygens (including phenoxy) is 1. The Hall–Kier alpha value is -1.06. The number of nitrogens with zero attached hydrogens (tertiary/aromatic N) is 1. The van der Waals surface area contributed by atoms with Crippen molar-refractivity contribution in [2.24, 2.45) is 5.92 Å². The van der Waals surface area contributed by atoms with E-state index >= 15 is 0 Å². The van der Waals surface area contributed by atoms with Crippen LogP contribution in [0.2, 0.25) is 0 Å². The van der Waals surface area contributed by atoms with Crippen molar-refractivity contribution in [2.75, 3.05) is 26.7 Å². The Morgan fingerprint density at radius 2 is 2.24 bits per heavy atom. The SMILES string of the molecule is CCC(C)C1CN(Cc2cc(C)ccc2OC)CCCN1. The van der Waals surface area contributed by atoms with E-state index in [0.717, 1.165) is 37.8 Å². The summed E-state index contributed by atoms with van der Waals surface area (Å²) in [6, 6.07) is 7.07. The third-order valence-corrected chi connectivity index (χ3v) is 4.67. The van der Waals surface area contributed by atoms with Gasteiger partial charge in [-0.3, -0.25) is 4.90 Å². The van der Waals surface area contributed by atoms with E-state index in [2.05, 4.69) is 49.2 Å². The maximum Gasteiger partial charge on any atom is 0.123 e. The maximum absolute atomic E-state index is 5.53. The zero-order valence-corrected chi connectivity index (χ0v) is 14.0. The summed E-state index contributed by atoms with van der Waals surface area (Å²) in [5.41, 5.74) is 2.61. The normalized spacial score (nSPS) is 21.8. The Bertz CT molecular complexity index is 447. The van der Waals surface area contributed by atoms with Gasteiger partial charge in [0.25, 0.3) is 0 Å². The van der Waals surface area contributed by atoms with E-state index in [1.165, 1.54) is 24.0 Å². The summed E-state index contributed by atoms with van der Waals surface area (Å²) < 4.78 is 5.53. The van der Waals surface area contributed by atoms with Crippen LogP contribution in [0.4, 0.5) is 0 Å². The number of aryl methyl sites for hydroxylation is 1. The van der Waals surface area contributed by atoms with Crippen molar-refractivity contribution in [3.63, 3.8) is 0 Å². The van der Waals surface area contributed by atoms with Crippen molar-refractivity contribution in [3.8, 4) is 5.75 Å². The van der Waals surface area contributed by atoms with Gasteiger partial charge in [-0.2, -0.15) is 0 Å². The lowest BCUT2D eigenvalue weighted by Crippen LogP contribution is -2.41. The highest BCUT2D eigenvalue weighted by molar-refractivity contribution is 5.36. The average Bonchev–Trinajstić information content (AvgIpc) is 2.72.